The molecular formula is C19H26N4O5S. The topological polar surface area (TPSA) is 142 Å². The first-order chi connectivity index (χ1) is 13.9. The normalized spacial score (nSPS) is 18.0. The van der Waals surface area contributed by atoms with Crippen LogP contribution in [0.4, 0.5) is 0 Å². The van der Waals surface area contributed by atoms with E-state index in [0.29, 0.717) is 19.4 Å². The number of hydrogen-bond donors (Lipinski definition) is 5. The molecule has 5 N–H and O–H groups in total. The predicted molar refractivity (Wildman–Crippen MR) is 109 cm³/mol. The number of amides is 3. The summed E-state index contributed by atoms with van der Waals surface area (Å²) in [5.74, 6) is -2.66. The van der Waals surface area contributed by atoms with Crippen molar-refractivity contribution in [3.63, 3.8) is 0 Å². The molecule has 2 rings (SSSR count). The first kappa shape index (κ1) is 22.7. The Morgan fingerprint density at radius 3 is 2.45 bits per heavy atom. The van der Waals surface area contributed by atoms with Crippen LogP contribution in [0.15, 0.2) is 30.3 Å². The summed E-state index contributed by atoms with van der Waals surface area (Å²) in [5, 5.41) is 14.5. The maximum atomic E-state index is 12.6. The van der Waals surface area contributed by atoms with Crippen LogP contribution in [0.25, 0.3) is 0 Å². The minimum absolute atomic E-state index is 0.0210. The van der Waals surface area contributed by atoms with Crippen molar-refractivity contribution < 1.29 is 24.3 Å². The summed E-state index contributed by atoms with van der Waals surface area (Å²) in [5.41, 5.74) is 6.14. The molecule has 0 aromatic heterocycles. The molecule has 0 aliphatic carbocycles. The highest BCUT2D eigenvalue weighted by molar-refractivity contribution is 7.80. The number of likely N-dealkylation sites (tertiary alicyclic amines) is 1. The van der Waals surface area contributed by atoms with Gasteiger partial charge in [-0.15, -0.1) is 0 Å². The Morgan fingerprint density at radius 1 is 1.17 bits per heavy atom. The Balaban J connectivity index is 2.00. The zero-order chi connectivity index (χ0) is 21.4. The van der Waals surface area contributed by atoms with E-state index in [1.807, 2.05) is 6.07 Å². The number of nitrogens with one attached hydrogen (secondary N) is 2. The van der Waals surface area contributed by atoms with Crippen molar-refractivity contribution in [1.29, 1.82) is 0 Å². The fraction of sp³-hybridized carbons (Fsp3) is 0.474. The zero-order valence-electron chi connectivity index (χ0n) is 15.9. The number of carboxylic acid groups (broad SMARTS) is 1. The summed E-state index contributed by atoms with van der Waals surface area (Å²) in [6, 6.07) is 6.04. The molecule has 10 heteroatoms. The van der Waals surface area contributed by atoms with Gasteiger partial charge in [0, 0.05) is 18.7 Å². The van der Waals surface area contributed by atoms with Crippen molar-refractivity contribution in [1.82, 2.24) is 15.5 Å². The highest BCUT2D eigenvalue weighted by Crippen LogP contribution is 2.17. The van der Waals surface area contributed by atoms with Crippen molar-refractivity contribution >= 4 is 36.3 Å². The van der Waals surface area contributed by atoms with Gasteiger partial charge in [0.05, 0.1) is 6.54 Å². The molecule has 158 valence electrons. The van der Waals surface area contributed by atoms with E-state index in [4.69, 9.17) is 5.73 Å². The molecule has 3 amide bonds. The van der Waals surface area contributed by atoms with Crippen LogP contribution in [-0.4, -0.2) is 70.7 Å². The van der Waals surface area contributed by atoms with E-state index >= 15 is 0 Å². The van der Waals surface area contributed by atoms with Gasteiger partial charge >= 0.3 is 5.97 Å². The van der Waals surface area contributed by atoms with Gasteiger partial charge in [0.15, 0.2) is 0 Å². The lowest BCUT2D eigenvalue weighted by molar-refractivity contribution is -0.142. The lowest BCUT2D eigenvalue weighted by Crippen LogP contribution is -2.56. The average Bonchev–Trinajstić information content (AvgIpc) is 3.21. The second kappa shape index (κ2) is 10.8. The standard InChI is InChI=1S/C19H26N4O5S/c20-10-16(24)23-8-4-7-15(23)18(26)22-14(11-29)17(25)21-13(19(27)28)9-12-5-2-1-3-6-12/h1-3,5-6,13-15,29H,4,7-11,20H2,(H,21,25)(H,22,26)(H,27,28). The molecule has 1 aromatic rings. The van der Waals surface area contributed by atoms with Gasteiger partial charge < -0.3 is 26.4 Å². The fourth-order valence-electron chi connectivity index (χ4n) is 3.24. The Labute approximate surface area is 174 Å². The molecule has 1 saturated heterocycles. The van der Waals surface area contributed by atoms with Gasteiger partial charge in [-0.1, -0.05) is 30.3 Å². The molecule has 1 aromatic carbocycles. The fourth-order valence-corrected chi connectivity index (χ4v) is 3.50. The molecule has 0 spiro atoms. The highest BCUT2D eigenvalue weighted by Gasteiger charge is 2.35. The summed E-state index contributed by atoms with van der Waals surface area (Å²) < 4.78 is 0. The van der Waals surface area contributed by atoms with E-state index in [2.05, 4.69) is 23.3 Å². The third-order valence-electron chi connectivity index (χ3n) is 4.76. The minimum atomic E-state index is -1.18. The molecule has 0 radical (unpaired) electrons. The van der Waals surface area contributed by atoms with Gasteiger partial charge in [-0.25, -0.2) is 4.79 Å². The highest BCUT2D eigenvalue weighted by atomic mass is 32.1. The number of hydrogen-bond acceptors (Lipinski definition) is 6. The van der Waals surface area contributed by atoms with Crippen molar-refractivity contribution in [2.45, 2.75) is 37.4 Å². The van der Waals surface area contributed by atoms with Gasteiger partial charge in [-0.3, -0.25) is 14.4 Å². The van der Waals surface area contributed by atoms with E-state index in [9.17, 15) is 24.3 Å². The summed E-state index contributed by atoms with van der Waals surface area (Å²) >= 11 is 4.10. The largest absolute Gasteiger partial charge is 0.480 e. The van der Waals surface area contributed by atoms with E-state index in [-0.39, 0.29) is 24.6 Å². The Hall–Kier alpha value is -2.59. The number of carbonyl (C=O) groups is 4. The van der Waals surface area contributed by atoms with Gasteiger partial charge in [0.1, 0.15) is 18.1 Å². The first-order valence-corrected chi connectivity index (χ1v) is 9.98. The van der Waals surface area contributed by atoms with E-state index < -0.39 is 35.9 Å². The summed E-state index contributed by atoms with van der Waals surface area (Å²) in [6.07, 6.45) is 1.25. The van der Waals surface area contributed by atoms with Gasteiger partial charge in [0.25, 0.3) is 0 Å². The number of thiol groups is 1. The van der Waals surface area contributed by atoms with Crippen LogP contribution in [0, 0.1) is 0 Å². The molecule has 1 fully saturated rings. The van der Waals surface area contributed by atoms with Crippen LogP contribution < -0.4 is 16.4 Å². The molecule has 3 unspecified atom stereocenters. The number of benzene rings is 1. The maximum absolute atomic E-state index is 12.6. The Kier molecular flexibility index (Phi) is 8.47. The smallest absolute Gasteiger partial charge is 0.326 e. The molecular weight excluding hydrogens is 396 g/mol. The number of nitrogens with two attached hydrogens (primary N) is 1. The molecule has 1 heterocycles. The number of rotatable bonds is 9. The third-order valence-corrected chi connectivity index (χ3v) is 5.13. The molecule has 0 saturated carbocycles. The number of nitrogens with zero attached hydrogens (tertiary/aromatic N) is 1. The first-order valence-electron chi connectivity index (χ1n) is 9.35. The average molecular weight is 423 g/mol. The Morgan fingerprint density at radius 2 is 1.86 bits per heavy atom. The molecule has 1 aliphatic rings. The van der Waals surface area contributed by atoms with Crippen LogP contribution in [0.1, 0.15) is 18.4 Å². The van der Waals surface area contributed by atoms with E-state index in [1.54, 1.807) is 24.3 Å². The van der Waals surface area contributed by atoms with Crippen LogP contribution >= 0.6 is 12.6 Å². The van der Waals surface area contributed by atoms with Gasteiger partial charge in [0.2, 0.25) is 17.7 Å². The Bertz CT molecular complexity index is 745. The van der Waals surface area contributed by atoms with Gasteiger partial charge in [-0.2, -0.15) is 12.6 Å². The van der Waals surface area contributed by atoms with Crippen molar-refractivity contribution in [2.75, 3.05) is 18.8 Å². The zero-order valence-corrected chi connectivity index (χ0v) is 16.8. The van der Waals surface area contributed by atoms with Crippen molar-refractivity contribution in [2.24, 2.45) is 5.73 Å². The monoisotopic (exact) mass is 422 g/mol. The lowest BCUT2D eigenvalue weighted by atomic mass is 10.1. The summed E-state index contributed by atoms with van der Waals surface area (Å²) in [6.45, 7) is 0.240. The molecule has 9 nitrogen and oxygen atoms in total. The quantitative estimate of drug-likeness (QED) is 0.329. The number of carboxylic acids is 1. The van der Waals surface area contributed by atoms with E-state index in [0.717, 1.165) is 5.56 Å². The van der Waals surface area contributed by atoms with Gasteiger partial charge in [-0.05, 0) is 18.4 Å². The van der Waals surface area contributed by atoms with Crippen LogP contribution in [0.5, 0.6) is 0 Å². The second-order valence-corrected chi connectivity index (χ2v) is 7.15. The molecule has 0 bridgehead atoms. The predicted octanol–water partition coefficient (Wildman–Crippen LogP) is -0.837. The van der Waals surface area contributed by atoms with Crippen LogP contribution in [0.2, 0.25) is 0 Å². The van der Waals surface area contributed by atoms with E-state index in [1.165, 1.54) is 4.90 Å². The van der Waals surface area contributed by atoms with Crippen LogP contribution in [-0.2, 0) is 25.6 Å². The van der Waals surface area contributed by atoms with Crippen molar-refractivity contribution in [3.05, 3.63) is 35.9 Å². The van der Waals surface area contributed by atoms with Crippen molar-refractivity contribution in [3.8, 4) is 0 Å². The summed E-state index contributed by atoms with van der Waals surface area (Å²) in [4.78, 5) is 50.0. The molecule has 29 heavy (non-hydrogen) atoms. The maximum Gasteiger partial charge on any atom is 0.326 e. The molecule has 1 aliphatic heterocycles. The minimum Gasteiger partial charge on any atom is -0.480 e. The lowest BCUT2D eigenvalue weighted by Gasteiger charge is -2.26. The second-order valence-electron chi connectivity index (χ2n) is 6.78. The number of carbonyl (C=O) groups excluding carboxylic acids is 3. The third kappa shape index (κ3) is 6.20. The molecule has 3 atom stereocenters. The summed E-state index contributed by atoms with van der Waals surface area (Å²) in [7, 11) is 0. The SMILES string of the molecule is NCC(=O)N1CCCC1C(=O)NC(CS)C(=O)NC(Cc1ccccc1)C(=O)O. The number of aliphatic carboxylic acids is 1. The van der Waals surface area contributed by atoms with Crippen LogP contribution in [0.3, 0.4) is 0 Å².